The van der Waals surface area contributed by atoms with Crippen LogP contribution in [0.5, 0.6) is 0 Å². The zero-order valence-corrected chi connectivity index (χ0v) is 11.7. The second-order valence-corrected chi connectivity index (χ2v) is 6.01. The van der Waals surface area contributed by atoms with Gasteiger partial charge in [-0.1, -0.05) is 12.2 Å². The largest absolute Gasteiger partial charge is 0.370 e. The predicted molar refractivity (Wildman–Crippen MR) is 77.5 cm³/mol. The van der Waals surface area contributed by atoms with Crippen LogP contribution in [0.25, 0.3) is 5.65 Å². The standard InChI is InChI=1S/C15H19N5/c1-10-18-14(7-15-19-17-9-20(10)15)16-8-13-6-11-2-4-12(13)5-3-11/h2,4,7,9,11-13,16H,3,5-6,8H2,1H3. The highest BCUT2D eigenvalue weighted by Crippen LogP contribution is 2.40. The Balaban J connectivity index is 1.49. The summed E-state index contributed by atoms with van der Waals surface area (Å²) in [5, 5.41) is 11.5. The lowest BCUT2D eigenvalue weighted by Crippen LogP contribution is -2.32. The van der Waals surface area contributed by atoms with Crippen molar-refractivity contribution in [1.82, 2.24) is 19.6 Å². The summed E-state index contributed by atoms with van der Waals surface area (Å²) in [6.07, 6.45) is 10.6. The molecule has 2 bridgehead atoms. The minimum absolute atomic E-state index is 0.745. The van der Waals surface area contributed by atoms with Crippen LogP contribution in [0.4, 0.5) is 5.82 Å². The normalized spacial score (nSPS) is 28.1. The number of aromatic nitrogens is 4. The number of fused-ring (bicyclic) bond motifs is 3. The first-order chi connectivity index (χ1) is 9.79. The number of aryl methyl sites for hydroxylation is 1. The second kappa shape index (κ2) is 4.58. The molecule has 2 heterocycles. The van der Waals surface area contributed by atoms with Crippen molar-refractivity contribution in [2.24, 2.45) is 17.8 Å². The molecule has 5 heteroatoms. The first-order valence-corrected chi connectivity index (χ1v) is 7.39. The molecule has 20 heavy (non-hydrogen) atoms. The molecule has 0 amide bonds. The van der Waals surface area contributed by atoms with Gasteiger partial charge in [-0.25, -0.2) is 4.98 Å². The van der Waals surface area contributed by atoms with Gasteiger partial charge < -0.3 is 5.32 Å². The van der Waals surface area contributed by atoms with Gasteiger partial charge in [0.2, 0.25) is 0 Å². The molecule has 0 radical (unpaired) electrons. The van der Waals surface area contributed by atoms with E-state index in [0.29, 0.717) is 0 Å². The molecule has 2 aromatic rings. The van der Waals surface area contributed by atoms with Gasteiger partial charge in [0.1, 0.15) is 18.0 Å². The van der Waals surface area contributed by atoms with Crippen molar-refractivity contribution in [2.45, 2.75) is 26.2 Å². The van der Waals surface area contributed by atoms with Gasteiger partial charge in [-0.3, -0.25) is 4.40 Å². The predicted octanol–water partition coefficient (Wildman–Crippen LogP) is 2.45. The van der Waals surface area contributed by atoms with E-state index in [-0.39, 0.29) is 0 Å². The summed E-state index contributed by atoms with van der Waals surface area (Å²) in [6, 6.07) is 1.97. The molecule has 2 aromatic heterocycles. The Morgan fingerprint density at radius 1 is 1.35 bits per heavy atom. The van der Waals surface area contributed by atoms with Gasteiger partial charge in [0.15, 0.2) is 5.65 Å². The van der Waals surface area contributed by atoms with Crippen LogP contribution in [0.1, 0.15) is 25.1 Å². The molecule has 3 aliphatic carbocycles. The van der Waals surface area contributed by atoms with Crippen molar-refractivity contribution < 1.29 is 0 Å². The first-order valence-electron chi connectivity index (χ1n) is 7.39. The molecule has 1 N–H and O–H groups in total. The van der Waals surface area contributed by atoms with Crippen LogP contribution in [0.15, 0.2) is 24.5 Å². The molecular weight excluding hydrogens is 250 g/mol. The van der Waals surface area contributed by atoms with E-state index in [0.717, 1.165) is 41.6 Å². The number of allylic oxidation sites excluding steroid dienone is 2. The van der Waals surface area contributed by atoms with Gasteiger partial charge in [-0.05, 0) is 43.9 Å². The van der Waals surface area contributed by atoms with Crippen LogP contribution in [0.2, 0.25) is 0 Å². The molecule has 1 fully saturated rings. The van der Waals surface area contributed by atoms with Crippen molar-refractivity contribution in [3.63, 3.8) is 0 Å². The zero-order chi connectivity index (χ0) is 13.5. The Kier molecular flexibility index (Phi) is 2.72. The van der Waals surface area contributed by atoms with Crippen LogP contribution < -0.4 is 5.32 Å². The van der Waals surface area contributed by atoms with E-state index >= 15 is 0 Å². The summed E-state index contributed by atoms with van der Waals surface area (Å²) in [7, 11) is 0. The van der Waals surface area contributed by atoms with E-state index in [4.69, 9.17) is 0 Å². The lowest BCUT2D eigenvalue weighted by atomic mass is 9.69. The fraction of sp³-hybridized carbons (Fsp3) is 0.533. The lowest BCUT2D eigenvalue weighted by Gasteiger charge is -2.38. The number of rotatable bonds is 3. The molecule has 104 valence electrons. The maximum atomic E-state index is 4.57. The van der Waals surface area contributed by atoms with E-state index < -0.39 is 0 Å². The lowest BCUT2D eigenvalue weighted by molar-refractivity contribution is 0.231. The highest BCUT2D eigenvalue weighted by Gasteiger charge is 2.31. The van der Waals surface area contributed by atoms with Crippen molar-refractivity contribution >= 4 is 11.5 Å². The molecule has 0 aromatic carbocycles. The van der Waals surface area contributed by atoms with Crippen molar-refractivity contribution in [3.05, 3.63) is 30.4 Å². The van der Waals surface area contributed by atoms with E-state index in [1.165, 1.54) is 19.3 Å². The van der Waals surface area contributed by atoms with Crippen molar-refractivity contribution in [2.75, 3.05) is 11.9 Å². The number of hydrogen-bond acceptors (Lipinski definition) is 4. The fourth-order valence-electron chi connectivity index (χ4n) is 3.59. The van der Waals surface area contributed by atoms with Gasteiger partial charge in [0.05, 0.1) is 0 Å². The average Bonchev–Trinajstić information content (AvgIpc) is 2.95. The van der Waals surface area contributed by atoms with E-state index in [1.807, 2.05) is 17.4 Å². The Labute approximate surface area is 118 Å². The van der Waals surface area contributed by atoms with Gasteiger partial charge in [0.25, 0.3) is 0 Å². The Bertz CT molecular complexity index is 659. The maximum absolute atomic E-state index is 4.57. The quantitative estimate of drug-likeness (QED) is 0.870. The SMILES string of the molecule is Cc1nc(NCC2CC3C=CC2CC3)cc2nncn12. The molecule has 3 unspecified atom stereocenters. The van der Waals surface area contributed by atoms with E-state index in [1.54, 1.807) is 6.33 Å². The topological polar surface area (TPSA) is 55.1 Å². The molecule has 3 aliphatic rings. The van der Waals surface area contributed by atoms with Crippen molar-refractivity contribution in [3.8, 4) is 0 Å². The van der Waals surface area contributed by atoms with Crippen LogP contribution >= 0.6 is 0 Å². The molecule has 1 saturated carbocycles. The summed E-state index contributed by atoms with van der Waals surface area (Å²) in [5.74, 6) is 4.13. The van der Waals surface area contributed by atoms with Gasteiger partial charge in [-0.15, -0.1) is 10.2 Å². The number of nitrogens with one attached hydrogen (secondary N) is 1. The zero-order valence-electron chi connectivity index (χ0n) is 11.7. The third-order valence-corrected chi connectivity index (χ3v) is 4.73. The van der Waals surface area contributed by atoms with Crippen LogP contribution in [0, 0.1) is 24.7 Å². The smallest absolute Gasteiger partial charge is 0.165 e. The van der Waals surface area contributed by atoms with Crippen LogP contribution in [-0.2, 0) is 0 Å². The monoisotopic (exact) mass is 269 g/mol. The van der Waals surface area contributed by atoms with E-state index in [2.05, 4.69) is 32.7 Å². The summed E-state index contributed by atoms with van der Waals surface area (Å²) < 4.78 is 1.90. The third kappa shape index (κ3) is 1.97. The van der Waals surface area contributed by atoms with Gasteiger partial charge in [0, 0.05) is 12.6 Å². The molecule has 3 atom stereocenters. The first kappa shape index (κ1) is 11.9. The Morgan fingerprint density at radius 3 is 3.05 bits per heavy atom. The minimum atomic E-state index is 0.745. The molecule has 5 rings (SSSR count). The minimum Gasteiger partial charge on any atom is -0.370 e. The fourth-order valence-corrected chi connectivity index (χ4v) is 3.59. The second-order valence-electron chi connectivity index (χ2n) is 6.01. The Hall–Kier alpha value is -1.91. The van der Waals surface area contributed by atoms with Crippen LogP contribution in [-0.4, -0.2) is 26.1 Å². The summed E-state index contributed by atoms with van der Waals surface area (Å²) >= 11 is 0. The van der Waals surface area contributed by atoms with Gasteiger partial charge >= 0.3 is 0 Å². The van der Waals surface area contributed by atoms with Crippen LogP contribution in [0.3, 0.4) is 0 Å². The van der Waals surface area contributed by atoms with Gasteiger partial charge in [-0.2, -0.15) is 0 Å². The average molecular weight is 269 g/mol. The maximum Gasteiger partial charge on any atom is 0.165 e. The third-order valence-electron chi connectivity index (χ3n) is 4.73. The highest BCUT2D eigenvalue weighted by atomic mass is 15.2. The molecule has 5 nitrogen and oxygen atoms in total. The molecular formula is C15H19N5. The van der Waals surface area contributed by atoms with Crippen molar-refractivity contribution in [1.29, 1.82) is 0 Å². The molecule has 0 aliphatic heterocycles. The summed E-state index contributed by atoms with van der Waals surface area (Å²) in [4.78, 5) is 4.57. The summed E-state index contributed by atoms with van der Waals surface area (Å²) in [5.41, 5.74) is 0.852. The molecule has 0 saturated heterocycles. The Morgan fingerprint density at radius 2 is 2.30 bits per heavy atom. The summed E-state index contributed by atoms with van der Waals surface area (Å²) in [6.45, 7) is 2.98. The number of anilines is 1. The highest BCUT2D eigenvalue weighted by molar-refractivity contribution is 5.49. The van der Waals surface area contributed by atoms with E-state index in [9.17, 15) is 0 Å². The molecule has 0 spiro atoms. The number of hydrogen-bond donors (Lipinski definition) is 1. The number of nitrogens with zero attached hydrogens (tertiary/aromatic N) is 4.